The van der Waals surface area contributed by atoms with Crippen molar-refractivity contribution in [2.75, 3.05) is 32.8 Å². The van der Waals surface area contributed by atoms with Gasteiger partial charge in [0, 0.05) is 48.9 Å². The van der Waals surface area contributed by atoms with E-state index in [1.54, 1.807) is 11.3 Å². The van der Waals surface area contributed by atoms with Gasteiger partial charge in [-0.05, 0) is 27.7 Å². The number of aryl methyl sites for hydroxylation is 2. The molecule has 5 nitrogen and oxygen atoms in total. The Kier molecular flexibility index (Phi) is 4.76. The third-order valence-electron chi connectivity index (χ3n) is 4.86. The number of rotatable bonds is 3. The minimum absolute atomic E-state index is 0.0501. The molecule has 1 aromatic heterocycles. The van der Waals surface area contributed by atoms with Crippen molar-refractivity contribution in [3.63, 3.8) is 0 Å². The molecule has 0 saturated carbocycles. The van der Waals surface area contributed by atoms with Crippen LogP contribution in [0.4, 0.5) is 0 Å². The third kappa shape index (κ3) is 3.59. The van der Waals surface area contributed by atoms with Crippen molar-refractivity contribution in [2.45, 2.75) is 46.7 Å². The van der Waals surface area contributed by atoms with Crippen LogP contribution in [0.1, 0.15) is 35.8 Å². The molecule has 128 valence electrons. The van der Waals surface area contributed by atoms with E-state index in [-0.39, 0.29) is 17.4 Å². The van der Waals surface area contributed by atoms with Crippen LogP contribution in [-0.2, 0) is 16.1 Å². The second-order valence-electron chi connectivity index (χ2n) is 7.30. The summed E-state index contributed by atoms with van der Waals surface area (Å²) in [6.07, 6.45) is 0.613. The summed E-state index contributed by atoms with van der Waals surface area (Å²) in [6, 6.07) is 0.268. The van der Waals surface area contributed by atoms with Gasteiger partial charge in [0.05, 0.1) is 23.9 Å². The first kappa shape index (κ1) is 16.9. The molecule has 2 aliphatic heterocycles. The van der Waals surface area contributed by atoms with E-state index in [1.807, 2.05) is 4.90 Å². The molecule has 23 heavy (non-hydrogen) atoms. The van der Waals surface area contributed by atoms with Crippen molar-refractivity contribution >= 4 is 17.2 Å². The molecule has 2 fully saturated rings. The molecule has 0 aliphatic carbocycles. The number of likely N-dealkylation sites (tertiary alicyclic amines) is 1. The van der Waals surface area contributed by atoms with E-state index in [4.69, 9.17) is 4.74 Å². The number of amides is 1. The van der Waals surface area contributed by atoms with Crippen LogP contribution in [0.15, 0.2) is 0 Å². The summed E-state index contributed by atoms with van der Waals surface area (Å²) >= 11 is 1.78. The van der Waals surface area contributed by atoms with Crippen molar-refractivity contribution in [1.29, 1.82) is 0 Å². The minimum Gasteiger partial charge on any atom is -0.379 e. The lowest BCUT2D eigenvalue weighted by Gasteiger charge is -2.32. The van der Waals surface area contributed by atoms with Gasteiger partial charge < -0.3 is 9.64 Å². The van der Waals surface area contributed by atoms with Gasteiger partial charge >= 0.3 is 0 Å². The molecule has 2 aliphatic rings. The third-order valence-corrected chi connectivity index (χ3v) is 5.92. The summed E-state index contributed by atoms with van der Waals surface area (Å²) < 4.78 is 5.88. The van der Waals surface area contributed by atoms with Crippen molar-refractivity contribution in [2.24, 2.45) is 5.41 Å². The monoisotopic (exact) mass is 337 g/mol. The van der Waals surface area contributed by atoms with E-state index < -0.39 is 0 Å². The van der Waals surface area contributed by atoms with Crippen LogP contribution in [0.5, 0.6) is 0 Å². The van der Waals surface area contributed by atoms with Crippen molar-refractivity contribution in [3.05, 3.63) is 15.6 Å². The fourth-order valence-electron chi connectivity index (χ4n) is 3.74. The van der Waals surface area contributed by atoms with Crippen LogP contribution >= 0.6 is 11.3 Å². The normalized spacial score (nSPS) is 26.5. The van der Waals surface area contributed by atoms with Crippen LogP contribution in [0.25, 0.3) is 0 Å². The number of carbonyl (C=O) groups is 1. The Bertz CT molecular complexity index is 586. The Balaban J connectivity index is 1.74. The molecule has 1 unspecified atom stereocenters. The average Bonchev–Trinajstić information content (AvgIpc) is 2.86. The van der Waals surface area contributed by atoms with Crippen molar-refractivity contribution < 1.29 is 9.53 Å². The molecule has 6 heteroatoms. The summed E-state index contributed by atoms with van der Waals surface area (Å²) in [5.74, 6) is 0.273. The van der Waals surface area contributed by atoms with E-state index in [0.717, 1.165) is 43.5 Å². The number of aromatic nitrogens is 1. The zero-order chi connectivity index (χ0) is 16.6. The standard InChI is InChI=1S/C17H27N3O2S/c1-12(2)20-10-17(7-16(20)21)9-19(5-6-22-11-17)8-15-13(3)18-14(4)23-15/h12H,5-11H2,1-4H3. The first-order valence-corrected chi connectivity index (χ1v) is 9.23. The van der Waals surface area contributed by atoms with Gasteiger partial charge in [0.25, 0.3) is 0 Å². The van der Waals surface area contributed by atoms with Crippen molar-refractivity contribution in [3.8, 4) is 0 Å². The molecule has 1 spiro atoms. The van der Waals surface area contributed by atoms with E-state index >= 15 is 0 Å². The molecule has 1 aromatic rings. The maximum atomic E-state index is 12.4. The lowest BCUT2D eigenvalue weighted by Crippen LogP contribution is -2.41. The number of thiazole rings is 1. The van der Waals surface area contributed by atoms with E-state index in [0.29, 0.717) is 13.0 Å². The van der Waals surface area contributed by atoms with Gasteiger partial charge in [-0.3, -0.25) is 9.69 Å². The highest BCUT2D eigenvalue weighted by atomic mass is 32.1. The van der Waals surface area contributed by atoms with Gasteiger partial charge in [-0.25, -0.2) is 4.98 Å². The lowest BCUT2D eigenvalue weighted by atomic mass is 9.87. The fourth-order valence-corrected chi connectivity index (χ4v) is 4.72. The Labute approximate surface area is 142 Å². The Morgan fingerprint density at radius 2 is 2.13 bits per heavy atom. The average molecular weight is 337 g/mol. The summed E-state index contributed by atoms with van der Waals surface area (Å²) in [6.45, 7) is 13.4. The highest BCUT2D eigenvalue weighted by Crippen LogP contribution is 2.36. The Morgan fingerprint density at radius 3 is 2.74 bits per heavy atom. The van der Waals surface area contributed by atoms with E-state index in [1.165, 1.54) is 4.88 Å². The van der Waals surface area contributed by atoms with Gasteiger partial charge in [0.15, 0.2) is 0 Å². The van der Waals surface area contributed by atoms with Gasteiger partial charge in [-0.1, -0.05) is 0 Å². The summed E-state index contributed by atoms with van der Waals surface area (Å²) in [5, 5.41) is 1.13. The van der Waals surface area contributed by atoms with Gasteiger partial charge in [-0.15, -0.1) is 11.3 Å². The molecule has 0 aromatic carbocycles. The van der Waals surface area contributed by atoms with Gasteiger partial charge in [-0.2, -0.15) is 0 Å². The molecule has 3 rings (SSSR count). The highest BCUT2D eigenvalue weighted by Gasteiger charge is 2.46. The van der Waals surface area contributed by atoms with E-state index in [9.17, 15) is 4.79 Å². The predicted octanol–water partition coefficient (Wildman–Crippen LogP) is 2.22. The molecular weight excluding hydrogens is 310 g/mol. The van der Waals surface area contributed by atoms with Crippen molar-refractivity contribution in [1.82, 2.24) is 14.8 Å². The first-order valence-electron chi connectivity index (χ1n) is 8.41. The highest BCUT2D eigenvalue weighted by molar-refractivity contribution is 7.11. The molecule has 1 amide bonds. The SMILES string of the molecule is Cc1nc(C)c(CN2CCOCC3(CC(=O)N(C(C)C)C3)C2)s1. The maximum absolute atomic E-state index is 12.4. The van der Waals surface area contributed by atoms with Crippen LogP contribution in [-0.4, -0.2) is 59.6 Å². The zero-order valence-corrected chi connectivity index (χ0v) is 15.4. The molecule has 2 saturated heterocycles. The summed E-state index contributed by atoms with van der Waals surface area (Å²) in [7, 11) is 0. The molecular formula is C17H27N3O2S. The molecule has 0 N–H and O–H groups in total. The van der Waals surface area contributed by atoms with Crippen LogP contribution in [0.3, 0.4) is 0 Å². The summed E-state index contributed by atoms with van der Waals surface area (Å²) in [5.41, 5.74) is 1.09. The molecule has 1 atom stereocenters. The minimum atomic E-state index is -0.0501. The number of carbonyl (C=O) groups excluding carboxylic acids is 1. The molecule has 3 heterocycles. The first-order chi connectivity index (χ1) is 10.9. The topological polar surface area (TPSA) is 45.7 Å². The second kappa shape index (κ2) is 6.49. The second-order valence-corrected chi connectivity index (χ2v) is 8.58. The van der Waals surface area contributed by atoms with Gasteiger partial charge in [0.2, 0.25) is 5.91 Å². The Morgan fingerprint density at radius 1 is 1.35 bits per heavy atom. The summed E-state index contributed by atoms with van der Waals surface area (Å²) in [4.78, 5) is 22.7. The zero-order valence-electron chi connectivity index (χ0n) is 14.6. The quantitative estimate of drug-likeness (QED) is 0.848. The molecule has 0 radical (unpaired) electrons. The van der Waals surface area contributed by atoms with Crippen LogP contribution in [0.2, 0.25) is 0 Å². The maximum Gasteiger partial charge on any atom is 0.223 e. The number of hydrogen-bond donors (Lipinski definition) is 0. The van der Waals surface area contributed by atoms with Crippen LogP contribution < -0.4 is 0 Å². The van der Waals surface area contributed by atoms with Crippen LogP contribution in [0, 0.1) is 19.3 Å². The lowest BCUT2D eigenvalue weighted by molar-refractivity contribution is -0.129. The predicted molar refractivity (Wildman–Crippen MR) is 91.6 cm³/mol. The molecule has 0 bridgehead atoms. The number of hydrogen-bond acceptors (Lipinski definition) is 5. The largest absolute Gasteiger partial charge is 0.379 e. The smallest absolute Gasteiger partial charge is 0.223 e. The van der Waals surface area contributed by atoms with Gasteiger partial charge in [0.1, 0.15) is 0 Å². The van der Waals surface area contributed by atoms with E-state index in [2.05, 4.69) is 37.6 Å². The Hall–Kier alpha value is -0.980. The number of nitrogens with zero attached hydrogens (tertiary/aromatic N) is 3. The fraction of sp³-hybridized carbons (Fsp3) is 0.765. The number of ether oxygens (including phenoxy) is 1.